The zero-order valence-corrected chi connectivity index (χ0v) is 24.5. The van der Waals surface area contributed by atoms with E-state index in [0.29, 0.717) is 52.0 Å². The van der Waals surface area contributed by atoms with E-state index < -0.39 is 6.17 Å². The van der Waals surface area contributed by atoms with E-state index in [1.54, 1.807) is 6.92 Å². The number of fused-ring (bicyclic) bond motifs is 1. The maximum absolute atomic E-state index is 13.6. The second kappa shape index (κ2) is 12.5. The monoisotopic (exact) mass is 572 g/mol. The molecule has 6 heterocycles. The maximum atomic E-state index is 13.6. The van der Waals surface area contributed by atoms with Gasteiger partial charge in [-0.1, -0.05) is 6.08 Å². The highest BCUT2D eigenvalue weighted by atomic mass is 19.1. The average molecular weight is 573 g/mol. The van der Waals surface area contributed by atoms with Crippen LogP contribution >= 0.6 is 0 Å². The van der Waals surface area contributed by atoms with Crippen LogP contribution in [0.25, 0.3) is 0 Å². The molecule has 3 fully saturated rings. The summed E-state index contributed by atoms with van der Waals surface area (Å²) >= 11 is 0. The van der Waals surface area contributed by atoms with E-state index in [-0.39, 0.29) is 29.8 Å². The number of halogens is 1. The first-order valence-electron chi connectivity index (χ1n) is 15.5. The standard InChI is InChI=1S/C30H45FN6O4/c1-3-40-30(7-10-34(11-8-30)18-22(2)31)24-4-5-26(32-17-24)23-16-28-27(6-9-33-37(28)19-23)35-12-14-36(15-13-35)29(38)41-25-20-39-21-25/h4-5,9,19,22,24-25,27-28H,3,6-8,10-18,20-21H2,1-2H3. The number of amides is 1. The molecule has 10 nitrogen and oxygen atoms in total. The molecule has 226 valence electrons. The lowest BCUT2D eigenvalue weighted by Crippen LogP contribution is -2.57. The summed E-state index contributed by atoms with van der Waals surface area (Å²) in [5.41, 5.74) is 2.05. The third kappa shape index (κ3) is 6.23. The van der Waals surface area contributed by atoms with Crippen LogP contribution in [0.5, 0.6) is 0 Å². The van der Waals surface area contributed by atoms with Gasteiger partial charge < -0.3 is 24.0 Å². The van der Waals surface area contributed by atoms with Gasteiger partial charge in [-0.25, -0.2) is 9.18 Å². The lowest BCUT2D eigenvalue weighted by atomic mass is 9.77. The predicted octanol–water partition coefficient (Wildman–Crippen LogP) is 2.71. The molecule has 0 aromatic heterocycles. The Bertz CT molecular complexity index is 1060. The number of piperazine rings is 1. The zero-order chi connectivity index (χ0) is 28.4. The van der Waals surface area contributed by atoms with Gasteiger partial charge in [0, 0.05) is 89.8 Å². The van der Waals surface area contributed by atoms with Crippen LogP contribution in [0.3, 0.4) is 0 Å². The molecule has 3 saturated heterocycles. The quantitative estimate of drug-likeness (QED) is 0.443. The maximum Gasteiger partial charge on any atom is 0.410 e. The minimum atomic E-state index is -0.805. The molecule has 0 aromatic rings. The summed E-state index contributed by atoms with van der Waals surface area (Å²) in [5, 5.41) is 6.82. The summed E-state index contributed by atoms with van der Waals surface area (Å²) in [6.45, 7) is 11.3. The Kier molecular flexibility index (Phi) is 8.76. The highest BCUT2D eigenvalue weighted by Crippen LogP contribution is 2.38. The van der Waals surface area contributed by atoms with Crippen LogP contribution in [-0.2, 0) is 14.2 Å². The van der Waals surface area contributed by atoms with E-state index >= 15 is 0 Å². The summed E-state index contributed by atoms with van der Waals surface area (Å²) in [6, 6.07) is 0.616. The third-order valence-electron chi connectivity index (χ3n) is 9.57. The lowest BCUT2D eigenvalue weighted by molar-refractivity contribution is -0.106. The second-order valence-electron chi connectivity index (χ2n) is 12.2. The Morgan fingerprint density at radius 2 is 1.95 bits per heavy atom. The number of hydrazone groups is 1. The van der Waals surface area contributed by atoms with Gasteiger partial charge in [0.2, 0.25) is 0 Å². The number of rotatable bonds is 8. The first kappa shape index (κ1) is 28.8. The molecule has 0 spiro atoms. The number of hydrogen-bond acceptors (Lipinski definition) is 9. The molecule has 0 aliphatic carbocycles. The fraction of sp³-hybridized carbons (Fsp3) is 0.767. The van der Waals surface area contributed by atoms with Crippen LogP contribution in [0.1, 0.15) is 39.5 Å². The number of ether oxygens (including phenoxy) is 3. The van der Waals surface area contributed by atoms with Crippen LogP contribution < -0.4 is 0 Å². The first-order valence-corrected chi connectivity index (χ1v) is 15.5. The van der Waals surface area contributed by atoms with Gasteiger partial charge in [-0.15, -0.1) is 0 Å². The Labute approximate surface area is 242 Å². The van der Waals surface area contributed by atoms with Gasteiger partial charge in [-0.2, -0.15) is 5.10 Å². The highest BCUT2D eigenvalue weighted by Gasteiger charge is 2.43. The van der Waals surface area contributed by atoms with Crippen LogP contribution in [0.2, 0.25) is 0 Å². The van der Waals surface area contributed by atoms with Gasteiger partial charge in [0.25, 0.3) is 0 Å². The van der Waals surface area contributed by atoms with Gasteiger partial charge in [-0.3, -0.25) is 14.9 Å². The number of alkyl halides is 1. The van der Waals surface area contributed by atoms with Gasteiger partial charge in [-0.05, 0) is 44.8 Å². The topological polar surface area (TPSA) is 82.4 Å². The second-order valence-corrected chi connectivity index (χ2v) is 12.2. The predicted molar refractivity (Wildman–Crippen MR) is 155 cm³/mol. The number of likely N-dealkylation sites (tertiary alicyclic amines) is 1. The van der Waals surface area contributed by atoms with Gasteiger partial charge >= 0.3 is 6.09 Å². The lowest BCUT2D eigenvalue weighted by Gasteiger charge is -2.45. The van der Waals surface area contributed by atoms with E-state index in [1.165, 1.54) is 5.57 Å². The zero-order valence-electron chi connectivity index (χ0n) is 24.5. The number of carbonyl (C=O) groups excluding carboxylic acids is 1. The third-order valence-corrected chi connectivity index (χ3v) is 9.57. The first-order chi connectivity index (χ1) is 19.9. The number of aliphatic imine (C=N–C) groups is 1. The summed E-state index contributed by atoms with van der Waals surface area (Å²) < 4.78 is 30.6. The normalized spacial score (nSPS) is 31.3. The molecule has 0 radical (unpaired) electrons. The Morgan fingerprint density at radius 1 is 1.17 bits per heavy atom. The van der Waals surface area contributed by atoms with E-state index in [9.17, 15) is 9.18 Å². The molecule has 4 unspecified atom stereocenters. The number of nitrogens with zero attached hydrogens (tertiary/aromatic N) is 6. The average Bonchev–Trinajstić information content (AvgIpc) is 3.41. The molecule has 4 atom stereocenters. The molecule has 11 heteroatoms. The van der Waals surface area contributed by atoms with Crippen molar-refractivity contribution < 1.29 is 23.4 Å². The van der Waals surface area contributed by atoms with Gasteiger partial charge in [0.15, 0.2) is 6.10 Å². The highest BCUT2D eigenvalue weighted by molar-refractivity contribution is 6.09. The summed E-state index contributed by atoms with van der Waals surface area (Å²) in [5.74, 6) is 0.228. The number of piperidine rings is 1. The molecule has 0 aromatic carbocycles. The van der Waals surface area contributed by atoms with Crippen molar-refractivity contribution in [1.82, 2.24) is 19.7 Å². The Morgan fingerprint density at radius 3 is 2.59 bits per heavy atom. The van der Waals surface area contributed by atoms with Crippen molar-refractivity contribution in [3.63, 3.8) is 0 Å². The minimum absolute atomic E-state index is 0.0901. The molecule has 6 aliphatic heterocycles. The molecule has 6 rings (SSSR count). The molecular weight excluding hydrogens is 527 g/mol. The van der Waals surface area contributed by atoms with Crippen LogP contribution in [0.15, 0.2) is 34.0 Å². The fourth-order valence-corrected chi connectivity index (χ4v) is 7.21. The number of hydrogen-bond donors (Lipinski definition) is 0. The summed E-state index contributed by atoms with van der Waals surface area (Å²) in [6.07, 6.45) is 11.2. The van der Waals surface area contributed by atoms with Gasteiger partial charge in [0.05, 0.1) is 30.6 Å². The van der Waals surface area contributed by atoms with Crippen molar-refractivity contribution in [2.24, 2.45) is 16.0 Å². The van der Waals surface area contributed by atoms with E-state index in [1.807, 2.05) is 11.1 Å². The van der Waals surface area contributed by atoms with Crippen molar-refractivity contribution in [3.05, 3.63) is 23.9 Å². The molecule has 0 bridgehead atoms. The van der Waals surface area contributed by atoms with Crippen LogP contribution in [0.4, 0.5) is 9.18 Å². The number of dihydropyridines is 1. The largest absolute Gasteiger partial charge is 0.441 e. The Hall–Kier alpha value is -2.34. The molecule has 6 aliphatic rings. The van der Waals surface area contributed by atoms with E-state index in [4.69, 9.17) is 24.3 Å². The van der Waals surface area contributed by atoms with Crippen molar-refractivity contribution in [2.75, 3.05) is 72.2 Å². The molecule has 1 amide bonds. The van der Waals surface area contributed by atoms with E-state index in [0.717, 1.165) is 57.6 Å². The fourth-order valence-electron chi connectivity index (χ4n) is 7.21. The number of allylic oxidation sites excluding steroid dienone is 1. The van der Waals surface area contributed by atoms with Crippen molar-refractivity contribution in [3.8, 4) is 0 Å². The Balaban J connectivity index is 1.03. The van der Waals surface area contributed by atoms with Gasteiger partial charge in [0.1, 0.15) is 6.17 Å². The molecular formula is C30H45FN6O4. The SMILES string of the molecule is CCOC1(C2C=CC(C3=CN4N=CCC(N5CCN(C(=O)OC6COC6)CC5)C4C3)=NC2)CCN(CC(C)F)CC1. The number of carbonyl (C=O) groups is 1. The summed E-state index contributed by atoms with van der Waals surface area (Å²) in [4.78, 5) is 24.1. The smallest absolute Gasteiger partial charge is 0.410 e. The van der Waals surface area contributed by atoms with Crippen molar-refractivity contribution in [1.29, 1.82) is 0 Å². The molecule has 0 N–H and O–H groups in total. The summed E-state index contributed by atoms with van der Waals surface area (Å²) in [7, 11) is 0. The van der Waals surface area contributed by atoms with Crippen LogP contribution in [0, 0.1) is 5.92 Å². The van der Waals surface area contributed by atoms with Crippen LogP contribution in [-0.4, -0.2) is 140 Å². The minimum Gasteiger partial charge on any atom is -0.441 e. The van der Waals surface area contributed by atoms with E-state index in [2.05, 4.69) is 40.1 Å². The van der Waals surface area contributed by atoms with Crippen molar-refractivity contribution >= 4 is 18.0 Å². The van der Waals surface area contributed by atoms with Crippen molar-refractivity contribution in [2.45, 2.75) is 69.5 Å². The molecule has 0 saturated carbocycles. The molecule has 41 heavy (non-hydrogen) atoms.